The predicted molar refractivity (Wildman–Crippen MR) is 174 cm³/mol. The standard InChI is InChI=1S/C34H42FN5O5S/c1-33(2,3)28(38-31(42)45-34(4,5)6)29(41)39-17-16-26-27(39)24(18-40(26)32(43)44-19-21-10-8-7-9-11-21)25-20-46-30(37-25)36-23-14-12-22(35)13-15-23/h7-15,20,24,26-28H,16-19H2,1-6H3,(H,36,37)(H,38,42)/t24-,26-,27-,28-/m1/s1. The fourth-order valence-electron chi connectivity index (χ4n) is 6.03. The van der Waals surface area contributed by atoms with Crippen molar-refractivity contribution >= 4 is 40.2 Å². The van der Waals surface area contributed by atoms with Gasteiger partial charge >= 0.3 is 12.2 Å². The Balaban J connectivity index is 1.41. The molecule has 0 saturated carbocycles. The van der Waals surface area contributed by atoms with Crippen molar-refractivity contribution in [2.75, 3.05) is 18.4 Å². The molecule has 4 atom stereocenters. The van der Waals surface area contributed by atoms with Crippen molar-refractivity contribution in [1.82, 2.24) is 20.1 Å². The van der Waals surface area contributed by atoms with Gasteiger partial charge in [-0.1, -0.05) is 51.1 Å². The fourth-order valence-corrected chi connectivity index (χ4v) is 6.82. The van der Waals surface area contributed by atoms with Crippen molar-refractivity contribution in [3.8, 4) is 0 Å². The second kappa shape index (κ2) is 13.3. The lowest BCUT2D eigenvalue weighted by Gasteiger charge is -2.37. The molecule has 5 rings (SSSR count). The predicted octanol–water partition coefficient (Wildman–Crippen LogP) is 6.67. The largest absolute Gasteiger partial charge is 0.445 e. The highest BCUT2D eigenvalue weighted by atomic mass is 32.1. The van der Waals surface area contributed by atoms with Crippen molar-refractivity contribution in [1.29, 1.82) is 0 Å². The zero-order chi connectivity index (χ0) is 33.2. The van der Waals surface area contributed by atoms with Gasteiger partial charge in [-0.25, -0.2) is 19.0 Å². The maximum absolute atomic E-state index is 14.3. The molecule has 3 heterocycles. The average Bonchev–Trinajstić information content (AvgIpc) is 3.71. The molecule has 2 aliphatic heterocycles. The molecule has 0 aliphatic carbocycles. The molecule has 0 radical (unpaired) electrons. The van der Waals surface area contributed by atoms with E-state index < -0.39 is 29.2 Å². The summed E-state index contributed by atoms with van der Waals surface area (Å²) in [7, 11) is 0. The van der Waals surface area contributed by atoms with Gasteiger partial charge in [-0.2, -0.15) is 0 Å². The van der Waals surface area contributed by atoms with Crippen LogP contribution in [-0.4, -0.2) is 69.7 Å². The zero-order valence-corrected chi connectivity index (χ0v) is 27.9. The Hall–Kier alpha value is -4.19. The van der Waals surface area contributed by atoms with Crippen LogP contribution >= 0.6 is 11.3 Å². The van der Waals surface area contributed by atoms with Gasteiger partial charge in [0.15, 0.2) is 5.13 Å². The van der Waals surface area contributed by atoms with Crippen LogP contribution in [0.2, 0.25) is 0 Å². The van der Waals surface area contributed by atoms with Crippen molar-refractivity contribution in [2.45, 2.75) is 84.2 Å². The molecule has 246 valence electrons. The number of rotatable bonds is 7. The van der Waals surface area contributed by atoms with E-state index in [9.17, 15) is 18.8 Å². The van der Waals surface area contributed by atoms with E-state index in [2.05, 4.69) is 10.6 Å². The third-order valence-corrected chi connectivity index (χ3v) is 8.90. The minimum absolute atomic E-state index is 0.134. The molecule has 12 heteroatoms. The van der Waals surface area contributed by atoms with E-state index in [0.29, 0.717) is 30.3 Å². The fraction of sp³-hybridized carbons (Fsp3) is 0.471. The molecular formula is C34H42FN5O5S. The summed E-state index contributed by atoms with van der Waals surface area (Å²) in [6.45, 7) is 11.9. The third-order valence-electron chi connectivity index (χ3n) is 8.12. The number of nitrogens with zero attached hydrogens (tertiary/aromatic N) is 3. The number of nitrogens with one attached hydrogen (secondary N) is 2. The molecule has 10 nitrogen and oxygen atoms in total. The van der Waals surface area contributed by atoms with E-state index in [4.69, 9.17) is 14.5 Å². The van der Waals surface area contributed by atoms with E-state index in [1.54, 1.807) is 42.7 Å². The van der Waals surface area contributed by atoms with Gasteiger partial charge in [0.05, 0.1) is 17.8 Å². The molecule has 2 aliphatic rings. The number of ether oxygens (including phenoxy) is 2. The Bertz CT molecular complexity index is 1540. The Labute approximate surface area is 273 Å². The summed E-state index contributed by atoms with van der Waals surface area (Å²) in [5.41, 5.74) is 0.951. The number of thiazole rings is 1. The first kappa shape index (κ1) is 33.2. The Morgan fingerprint density at radius 3 is 2.37 bits per heavy atom. The van der Waals surface area contributed by atoms with Crippen molar-refractivity contribution < 1.29 is 28.2 Å². The first-order chi connectivity index (χ1) is 21.7. The van der Waals surface area contributed by atoms with Crippen molar-refractivity contribution in [2.24, 2.45) is 5.41 Å². The molecule has 0 unspecified atom stereocenters. The van der Waals surface area contributed by atoms with Crippen LogP contribution in [0.15, 0.2) is 60.0 Å². The second-order valence-electron chi connectivity index (χ2n) is 13.8. The number of aromatic nitrogens is 1. The SMILES string of the molecule is CC(C)(C)OC(=O)N[C@H](C(=O)N1CC[C@@H]2[C@H]1[C@@H](c1csc(Nc3ccc(F)cc3)n1)CN2C(=O)OCc1ccccc1)C(C)(C)C. The van der Waals surface area contributed by atoms with Gasteiger partial charge in [0.25, 0.3) is 0 Å². The number of hydrogen-bond donors (Lipinski definition) is 2. The van der Waals surface area contributed by atoms with Gasteiger partial charge in [0.2, 0.25) is 5.91 Å². The van der Waals surface area contributed by atoms with E-state index in [1.807, 2.05) is 56.5 Å². The summed E-state index contributed by atoms with van der Waals surface area (Å²) in [6.07, 6.45) is -0.557. The molecule has 2 N–H and O–H groups in total. The summed E-state index contributed by atoms with van der Waals surface area (Å²) in [5.74, 6) is -0.875. The van der Waals surface area contributed by atoms with Gasteiger partial charge in [-0.15, -0.1) is 11.3 Å². The van der Waals surface area contributed by atoms with Gasteiger partial charge in [0, 0.05) is 30.1 Å². The minimum atomic E-state index is -0.869. The number of amides is 3. The van der Waals surface area contributed by atoms with Gasteiger partial charge in [-0.3, -0.25) is 4.79 Å². The van der Waals surface area contributed by atoms with E-state index in [1.165, 1.54) is 23.5 Å². The lowest BCUT2D eigenvalue weighted by atomic mass is 9.85. The highest BCUT2D eigenvalue weighted by Gasteiger charge is 2.55. The van der Waals surface area contributed by atoms with Crippen LogP contribution in [0.1, 0.15) is 65.1 Å². The lowest BCUT2D eigenvalue weighted by Crippen LogP contribution is -2.57. The highest BCUT2D eigenvalue weighted by Crippen LogP contribution is 2.43. The molecular weight excluding hydrogens is 609 g/mol. The smallest absolute Gasteiger partial charge is 0.410 e. The average molecular weight is 652 g/mol. The Kier molecular flexibility index (Phi) is 9.57. The Morgan fingerprint density at radius 2 is 1.72 bits per heavy atom. The monoisotopic (exact) mass is 651 g/mol. The normalized spacial score (nSPS) is 20.2. The molecule has 3 aromatic rings. The second-order valence-corrected chi connectivity index (χ2v) is 14.7. The number of carbonyl (C=O) groups is 3. The van der Waals surface area contributed by atoms with Crippen LogP contribution < -0.4 is 10.6 Å². The quantitative estimate of drug-likeness (QED) is 0.293. The van der Waals surface area contributed by atoms with Crippen LogP contribution in [0.5, 0.6) is 0 Å². The Morgan fingerprint density at radius 1 is 1.02 bits per heavy atom. The molecule has 2 fully saturated rings. The number of benzene rings is 2. The van der Waals surface area contributed by atoms with Crippen LogP contribution in [0, 0.1) is 11.2 Å². The maximum atomic E-state index is 14.3. The highest BCUT2D eigenvalue weighted by molar-refractivity contribution is 7.13. The van der Waals surface area contributed by atoms with Crippen LogP contribution in [-0.2, 0) is 20.9 Å². The number of likely N-dealkylation sites (tertiary alicyclic amines) is 2. The molecule has 46 heavy (non-hydrogen) atoms. The summed E-state index contributed by atoms with van der Waals surface area (Å²) in [5, 5.41) is 8.57. The minimum Gasteiger partial charge on any atom is -0.445 e. The first-order valence-electron chi connectivity index (χ1n) is 15.4. The van der Waals surface area contributed by atoms with Crippen molar-refractivity contribution in [3.63, 3.8) is 0 Å². The summed E-state index contributed by atoms with van der Waals surface area (Å²) < 4.78 is 24.7. The van der Waals surface area contributed by atoms with Crippen molar-refractivity contribution in [3.05, 3.63) is 77.1 Å². The lowest BCUT2D eigenvalue weighted by molar-refractivity contribution is -0.137. The third kappa shape index (κ3) is 7.78. The number of halogens is 1. The number of hydrogen-bond acceptors (Lipinski definition) is 8. The molecule has 3 amide bonds. The number of fused-ring (bicyclic) bond motifs is 1. The first-order valence-corrected chi connectivity index (χ1v) is 16.3. The molecule has 0 spiro atoms. The van der Waals surface area contributed by atoms with E-state index >= 15 is 0 Å². The topological polar surface area (TPSA) is 113 Å². The number of anilines is 2. The molecule has 2 saturated heterocycles. The van der Waals surface area contributed by atoms with Gasteiger partial charge in [-0.05, 0) is 62.4 Å². The summed E-state index contributed by atoms with van der Waals surface area (Å²) in [4.78, 5) is 49.0. The number of alkyl carbamates (subject to hydrolysis) is 1. The number of carbonyl (C=O) groups excluding carboxylic acids is 3. The zero-order valence-electron chi connectivity index (χ0n) is 27.1. The molecule has 2 aromatic carbocycles. The van der Waals surface area contributed by atoms with Crippen LogP contribution in [0.4, 0.5) is 24.8 Å². The molecule has 1 aromatic heterocycles. The van der Waals surface area contributed by atoms with E-state index in [0.717, 1.165) is 11.3 Å². The maximum Gasteiger partial charge on any atom is 0.410 e. The van der Waals surface area contributed by atoms with Crippen LogP contribution in [0.3, 0.4) is 0 Å². The molecule has 0 bridgehead atoms. The van der Waals surface area contributed by atoms with E-state index in [-0.39, 0.29) is 36.3 Å². The van der Waals surface area contributed by atoms with Gasteiger partial charge in [0.1, 0.15) is 24.1 Å². The van der Waals surface area contributed by atoms with Crippen LogP contribution in [0.25, 0.3) is 0 Å². The summed E-state index contributed by atoms with van der Waals surface area (Å²) >= 11 is 1.39. The van der Waals surface area contributed by atoms with Gasteiger partial charge < -0.3 is 29.9 Å². The summed E-state index contributed by atoms with van der Waals surface area (Å²) in [6, 6.07) is 13.9.